The summed E-state index contributed by atoms with van der Waals surface area (Å²) in [5.74, 6) is 0.186. The maximum Gasteiger partial charge on any atom is 0.185 e. The highest BCUT2D eigenvalue weighted by molar-refractivity contribution is 9.10. The van der Waals surface area contributed by atoms with Crippen LogP contribution in [0.15, 0.2) is 22.8 Å². The number of carbonyl (C=O) groups is 1. The summed E-state index contributed by atoms with van der Waals surface area (Å²) in [5.41, 5.74) is 0.549. The van der Waals surface area contributed by atoms with Crippen LogP contribution in [0, 0.1) is 5.92 Å². The predicted octanol–water partition coefficient (Wildman–Crippen LogP) is 3.46. The van der Waals surface area contributed by atoms with Crippen LogP contribution in [0.1, 0.15) is 37.2 Å². The molecule has 1 atom stereocenters. The van der Waals surface area contributed by atoms with E-state index < -0.39 is 0 Å². The van der Waals surface area contributed by atoms with Crippen molar-refractivity contribution >= 4 is 21.7 Å². The van der Waals surface area contributed by atoms with E-state index in [1.165, 1.54) is 0 Å². The highest BCUT2D eigenvalue weighted by Crippen LogP contribution is 2.19. The van der Waals surface area contributed by atoms with Crippen LogP contribution in [0.5, 0.6) is 0 Å². The zero-order valence-corrected chi connectivity index (χ0v) is 10.0. The molecule has 0 spiro atoms. The Morgan fingerprint density at radius 3 is 2.93 bits per heavy atom. The lowest BCUT2D eigenvalue weighted by molar-refractivity contribution is 0.0917. The minimum absolute atomic E-state index is 0.0613. The molecule has 0 amide bonds. The number of rotatable bonds is 4. The van der Waals surface area contributed by atoms with Crippen molar-refractivity contribution in [1.29, 1.82) is 0 Å². The summed E-state index contributed by atoms with van der Waals surface area (Å²) in [6, 6.07) is 3.66. The van der Waals surface area contributed by atoms with Crippen molar-refractivity contribution in [3.8, 4) is 0 Å². The topological polar surface area (TPSA) is 30.0 Å². The van der Waals surface area contributed by atoms with Gasteiger partial charge < -0.3 is 0 Å². The summed E-state index contributed by atoms with van der Waals surface area (Å²) < 4.78 is 0.785. The van der Waals surface area contributed by atoms with Gasteiger partial charge in [0, 0.05) is 16.6 Å². The van der Waals surface area contributed by atoms with Gasteiger partial charge in [0.05, 0.1) is 0 Å². The lowest BCUT2D eigenvalue weighted by Gasteiger charge is -2.08. The van der Waals surface area contributed by atoms with Gasteiger partial charge in [-0.1, -0.05) is 20.3 Å². The van der Waals surface area contributed by atoms with Gasteiger partial charge in [0.15, 0.2) is 5.78 Å². The van der Waals surface area contributed by atoms with Crippen LogP contribution in [-0.4, -0.2) is 10.8 Å². The molecule has 0 radical (unpaired) electrons. The summed E-state index contributed by atoms with van der Waals surface area (Å²) in [6.07, 6.45) is 3.59. The van der Waals surface area contributed by atoms with Gasteiger partial charge in [0.2, 0.25) is 0 Å². The van der Waals surface area contributed by atoms with Crippen LogP contribution >= 0.6 is 15.9 Å². The third kappa shape index (κ3) is 2.64. The summed E-state index contributed by atoms with van der Waals surface area (Å²) in [7, 11) is 0. The number of carbonyl (C=O) groups excluding carboxylic acids is 1. The number of aromatic nitrogens is 1. The minimum Gasteiger partial charge on any atom is -0.292 e. The highest BCUT2D eigenvalue weighted by Gasteiger charge is 2.17. The summed E-state index contributed by atoms with van der Waals surface area (Å²) >= 11 is 3.33. The second-order valence-electron chi connectivity index (χ2n) is 3.39. The van der Waals surface area contributed by atoms with Crippen molar-refractivity contribution in [3.05, 3.63) is 28.5 Å². The first-order chi connectivity index (χ1) is 6.66. The van der Waals surface area contributed by atoms with E-state index in [-0.39, 0.29) is 11.7 Å². The third-order valence-corrected chi connectivity index (χ3v) is 2.80. The molecule has 14 heavy (non-hydrogen) atoms. The van der Waals surface area contributed by atoms with Crippen molar-refractivity contribution in [2.24, 2.45) is 5.92 Å². The Balaban J connectivity index is 2.84. The van der Waals surface area contributed by atoms with Gasteiger partial charge in [-0.3, -0.25) is 9.78 Å². The van der Waals surface area contributed by atoms with Gasteiger partial charge in [0.25, 0.3) is 0 Å². The zero-order chi connectivity index (χ0) is 10.6. The molecule has 1 aromatic rings. The van der Waals surface area contributed by atoms with Gasteiger partial charge in [-0.25, -0.2) is 0 Å². The van der Waals surface area contributed by atoms with E-state index in [2.05, 4.69) is 27.8 Å². The zero-order valence-electron chi connectivity index (χ0n) is 8.46. The van der Waals surface area contributed by atoms with Crippen molar-refractivity contribution in [2.75, 3.05) is 0 Å². The van der Waals surface area contributed by atoms with E-state index in [0.29, 0.717) is 5.69 Å². The average molecular weight is 256 g/mol. The van der Waals surface area contributed by atoms with Gasteiger partial charge >= 0.3 is 0 Å². The molecule has 2 nitrogen and oxygen atoms in total. The fourth-order valence-corrected chi connectivity index (χ4v) is 1.81. The fourth-order valence-electron chi connectivity index (χ4n) is 1.36. The number of hydrogen-bond acceptors (Lipinski definition) is 2. The van der Waals surface area contributed by atoms with Crippen LogP contribution in [0.2, 0.25) is 0 Å². The molecule has 0 N–H and O–H groups in total. The molecule has 76 valence electrons. The molecule has 1 aromatic heterocycles. The normalized spacial score (nSPS) is 12.5. The molecule has 0 saturated carbocycles. The lowest BCUT2D eigenvalue weighted by Crippen LogP contribution is -2.13. The molecular formula is C11H14BrNO. The number of hydrogen-bond donors (Lipinski definition) is 0. The van der Waals surface area contributed by atoms with Crippen molar-refractivity contribution in [3.63, 3.8) is 0 Å². The fraction of sp³-hybridized carbons (Fsp3) is 0.455. The molecule has 0 aliphatic rings. The molecule has 3 heteroatoms. The Bertz CT molecular complexity index is 325. The molecule has 1 unspecified atom stereocenters. The highest BCUT2D eigenvalue weighted by atomic mass is 79.9. The molecule has 0 aliphatic heterocycles. The average Bonchev–Trinajstić information content (AvgIpc) is 2.18. The Labute approximate surface area is 92.9 Å². The minimum atomic E-state index is 0.0613. The van der Waals surface area contributed by atoms with E-state index in [9.17, 15) is 4.79 Å². The standard InChI is InChI=1S/C11H14BrNO/c1-3-5-8(2)11(14)10-9(12)6-4-7-13-10/h4,6-8H,3,5H2,1-2H3. The van der Waals surface area contributed by atoms with E-state index in [4.69, 9.17) is 0 Å². The van der Waals surface area contributed by atoms with E-state index in [1.807, 2.05) is 19.1 Å². The van der Waals surface area contributed by atoms with E-state index in [0.717, 1.165) is 17.3 Å². The number of Topliss-reactive ketones (excluding diaryl/α,β-unsaturated/α-hetero) is 1. The molecule has 0 aromatic carbocycles. The van der Waals surface area contributed by atoms with Crippen LogP contribution in [-0.2, 0) is 0 Å². The largest absolute Gasteiger partial charge is 0.292 e. The van der Waals surface area contributed by atoms with Gasteiger partial charge in [-0.2, -0.15) is 0 Å². The van der Waals surface area contributed by atoms with Gasteiger partial charge in [-0.15, -0.1) is 0 Å². The SMILES string of the molecule is CCCC(C)C(=O)c1ncccc1Br. The molecule has 1 heterocycles. The summed E-state index contributed by atoms with van der Waals surface area (Å²) in [6.45, 7) is 4.03. The maximum atomic E-state index is 11.9. The van der Waals surface area contributed by atoms with Crippen molar-refractivity contribution < 1.29 is 4.79 Å². The Morgan fingerprint density at radius 2 is 2.36 bits per heavy atom. The number of ketones is 1. The summed E-state index contributed by atoms with van der Waals surface area (Å²) in [4.78, 5) is 15.9. The predicted molar refractivity (Wildman–Crippen MR) is 60.3 cm³/mol. The second kappa shape index (κ2) is 5.25. The van der Waals surface area contributed by atoms with Gasteiger partial charge in [0.1, 0.15) is 5.69 Å². The van der Waals surface area contributed by atoms with Crippen LogP contribution in [0.25, 0.3) is 0 Å². The Morgan fingerprint density at radius 1 is 1.64 bits per heavy atom. The molecule has 0 bridgehead atoms. The quantitative estimate of drug-likeness (QED) is 0.772. The van der Waals surface area contributed by atoms with Gasteiger partial charge in [-0.05, 0) is 34.5 Å². The third-order valence-electron chi connectivity index (χ3n) is 2.16. The van der Waals surface area contributed by atoms with E-state index in [1.54, 1.807) is 6.20 Å². The molecule has 0 aliphatic carbocycles. The van der Waals surface area contributed by atoms with Crippen LogP contribution in [0.4, 0.5) is 0 Å². The smallest absolute Gasteiger partial charge is 0.185 e. The molecule has 0 fully saturated rings. The first-order valence-corrected chi connectivity index (χ1v) is 5.60. The van der Waals surface area contributed by atoms with E-state index >= 15 is 0 Å². The van der Waals surface area contributed by atoms with Crippen LogP contribution in [0.3, 0.4) is 0 Å². The lowest BCUT2D eigenvalue weighted by atomic mass is 9.98. The van der Waals surface area contributed by atoms with Crippen LogP contribution < -0.4 is 0 Å². The Kier molecular flexibility index (Phi) is 4.26. The number of pyridine rings is 1. The first-order valence-electron chi connectivity index (χ1n) is 4.81. The Hall–Kier alpha value is -0.700. The molecule has 0 saturated heterocycles. The second-order valence-corrected chi connectivity index (χ2v) is 4.24. The molecule has 1 rings (SSSR count). The monoisotopic (exact) mass is 255 g/mol. The number of halogens is 1. The van der Waals surface area contributed by atoms with Crippen molar-refractivity contribution in [1.82, 2.24) is 4.98 Å². The summed E-state index contributed by atoms with van der Waals surface area (Å²) in [5, 5.41) is 0. The number of nitrogens with zero attached hydrogens (tertiary/aromatic N) is 1. The molecular weight excluding hydrogens is 242 g/mol. The van der Waals surface area contributed by atoms with Crippen molar-refractivity contribution in [2.45, 2.75) is 26.7 Å². The maximum absolute atomic E-state index is 11.9. The first kappa shape index (κ1) is 11.4.